The second kappa shape index (κ2) is 5.16. The lowest BCUT2D eigenvalue weighted by Crippen LogP contribution is -2.48. The van der Waals surface area contributed by atoms with Gasteiger partial charge >= 0.3 is 0 Å². The molecule has 0 unspecified atom stereocenters. The van der Waals surface area contributed by atoms with Crippen LogP contribution in [0.5, 0.6) is 0 Å². The standard InChI is InChI=1S/C13H21FN2/c1-2-12-3-9-16(10-4-12)11-13(14)5-7-15-8-6-13/h1,12,15H,3-11H2. The quantitative estimate of drug-likeness (QED) is 0.714. The third kappa shape index (κ3) is 2.96. The number of hydrogen-bond donors (Lipinski definition) is 1. The first-order valence-electron chi connectivity index (χ1n) is 6.30. The highest BCUT2D eigenvalue weighted by atomic mass is 19.1. The number of rotatable bonds is 2. The highest BCUT2D eigenvalue weighted by Gasteiger charge is 2.34. The van der Waals surface area contributed by atoms with Crippen LogP contribution in [0.25, 0.3) is 0 Å². The summed E-state index contributed by atoms with van der Waals surface area (Å²) in [6.45, 7) is 4.17. The van der Waals surface area contributed by atoms with E-state index in [1.54, 1.807) is 0 Å². The predicted molar refractivity (Wildman–Crippen MR) is 63.9 cm³/mol. The van der Waals surface area contributed by atoms with Crippen molar-refractivity contribution in [2.24, 2.45) is 5.92 Å². The normalized spacial score (nSPS) is 27.5. The lowest BCUT2D eigenvalue weighted by molar-refractivity contribution is 0.0498. The average Bonchev–Trinajstić information content (AvgIpc) is 2.30. The maximum Gasteiger partial charge on any atom is 0.126 e. The largest absolute Gasteiger partial charge is 0.316 e. The Kier molecular flexibility index (Phi) is 3.83. The topological polar surface area (TPSA) is 15.3 Å². The fraction of sp³-hybridized carbons (Fsp3) is 0.846. The maximum atomic E-state index is 14.4. The van der Waals surface area contributed by atoms with Gasteiger partial charge < -0.3 is 10.2 Å². The van der Waals surface area contributed by atoms with E-state index in [1.165, 1.54) is 0 Å². The van der Waals surface area contributed by atoms with E-state index in [2.05, 4.69) is 16.1 Å². The molecule has 2 heterocycles. The summed E-state index contributed by atoms with van der Waals surface area (Å²) in [5.74, 6) is 3.22. The van der Waals surface area contributed by atoms with Crippen LogP contribution >= 0.6 is 0 Å². The molecule has 0 atom stereocenters. The van der Waals surface area contributed by atoms with Crippen LogP contribution in [-0.2, 0) is 0 Å². The molecule has 0 aromatic heterocycles. The van der Waals surface area contributed by atoms with Gasteiger partial charge in [-0.2, -0.15) is 0 Å². The Morgan fingerprint density at radius 1 is 1.31 bits per heavy atom. The first-order chi connectivity index (χ1) is 7.72. The smallest absolute Gasteiger partial charge is 0.126 e. The van der Waals surface area contributed by atoms with E-state index in [-0.39, 0.29) is 0 Å². The third-order valence-corrected chi connectivity index (χ3v) is 3.83. The molecule has 16 heavy (non-hydrogen) atoms. The van der Waals surface area contributed by atoms with Gasteiger partial charge in [0, 0.05) is 12.5 Å². The predicted octanol–water partition coefficient (Wildman–Crippen LogP) is 1.42. The van der Waals surface area contributed by atoms with Crippen molar-refractivity contribution in [2.45, 2.75) is 31.4 Å². The summed E-state index contributed by atoms with van der Waals surface area (Å²) in [6, 6.07) is 0. The van der Waals surface area contributed by atoms with Crippen molar-refractivity contribution >= 4 is 0 Å². The molecule has 0 radical (unpaired) electrons. The van der Waals surface area contributed by atoms with Crippen LogP contribution in [0.3, 0.4) is 0 Å². The number of alkyl halides is 1. The lowest BCUT2D eigenvalue weighted by Gasteiger charge is -2.37. The molecule has 2 saturated heterocycles. The zero-order valence-corrected chi connectivity index (χ0v) is 9.84. The molecule has 0 amide bonds. The van der Waals surface area contributed by atoms with E-state index in [1.807, 2.05) is 0 Å². The van der Waals surface area contributed by atoms with Crippen molar-refractivity contribution in [3.05, 3.63) is 0 Å². The highest BCUT2D eigenvalue weighted by molar-refractivity contribution is 4.97. The van der Waals surface area contributed by atoms with Crippen molar-refractivity contribution < 1.29 is 4.39 Å². The van der Waals surface area contributed by atoms with Gasteiger partial charge in [-0.15, -0.1) is 12.3 Å². The molecule has 3 heteroatoms. The summed E-state index contributed by atoms with van der Waals surface area (Å²) in [6.07, 6.45) is 8.78. The molecule has 0 saturated carbocycles. The fourth-order valence-electron chi connectivity index (χ4n) is 2.69. The highest BCUT2D eigenvalue weighted by Crippen LogP contribution is 2.26. The van der Waals surface area contributed by atoms with E-state index in [0.29, 0.717) is 25.3 Å². The van der Waals surface area contributed by atoms with Crippen molar-refractivity contribution in [1.82, 2.24) is 10.2 Å². The Balaban J connectivity index is 1.79. The number of piperidine rings is 2. The van der Waals surface area contributed by atoms with Gasteiger partial charge in [-0.1, -0.05) is 0 Å². The van der Waals surface area contributed by atoms with Crippen LogP contribution < -0.4 is 5.32 Å². The fourth-order valence-corrected chi connectivity index (χ4v) is 2.69. The van der Waals surface area contributed by atoms with Crippen LogP contribution in [-0.4, -0.2) is 43.3 Å². The first-order valence-corrected chi connectivity index (χ1v) is 6.30. The molecule has 2 aliphatic rings. The van der Waals surface area contributed by atoms with Gasteiger partial charge in [0.05, 0.1) is 0 Å². The van der Waals surface area contributed by atoms with Crippen molar-refractivity contribution in [1.29, 1.82) is 0 Å². The molecule has 2 rings (SSSR count). The van der Waals surface area contributed by atoms with Gasteiger partial charge in [0.1, 0.15) is 5.67 Å². The third-order valence-electron chi connectivity index (χ3n) is 3.83. The number of halogens is 1. The summed E-state index contributed by atoms with van der Waals surface area (Å²) in [5, 5.41) is 3.21. The Bertz CT molecular complexity index is 258. The molecule has 2 aliphatic heterocycles. The van der Waals surface area contributed by atoms with E-state index in [9.17, 15) is 4.39 Å². The molecule has 2 nitrogen and oxygen atoms in total. The zero-order chi connectivity index (χ0) is 11.4. The molecule has 0 spiro atoms. The molecular weight excluding hydrogens is 203 g/mol. The number of likely N-dealkylation sites (tertiary alicyclic amines) is 1. The molecule has 0 aromatic rings. The van der Waals surface area contributed by atoms with Gasteiger partial charge in [-0.25, -0.2) is 4.39 Å². The van der Waals surface area contributed by atoms with E-state index >= 15 is 0 Å². The molecule has 90 valence electrons. The monoisotopic (exact) mass is 224 g/mol. The Labute approximate surface area is 97.6 Å². The number of hydrogen-bond acceptors (Lipinski definition) is 2. The minimum absolute atomic E-state index is 0.417. The summed E-state index contributed by atoms with van der Waals surface area (Å²) >= 11 is 0. The van der Waals surface area contributed by atoms with Crippen LogP contribution in [0.1, 0.15) is 25.7 Å². The molecule has 0 bridgehead atoms. The Morgan fingerprint density at radius 3 is 2.50 bits per heavy atom. The summed E-state index contributed by atoms with van der Waals surface area (Å²) in [5.41, 5.74) is -0.964. The van der Waals surface area contributed by atoms with E-state index in [0.717, 1.165) is 39.0 Å². The van der Waals surface area contributed by atoms with Crippen LogP contribution in [0.2, 0.25) is 0 Å². The number of terminal acetylenes is 1. The van der Waals surface area contributed by atoms with Crippen LogP contribution in [0, 0.1) is 18.3 Å². The summed E-state index contributed by atoms with van der Waals surface area (Å²) < 4.78 is 14.4. The maximum absolute atomic E-state index is 14.4. The van der Waals surface area contributed by atoms with Crippen LogP contribution in [0.4, 0.5) is 4.39 Å². The van der Waals surface area contributed by atoms with Crippen LogP contribution in [0.15, 0.2) is 0 Å². The second-order valence-electron chi connectivity index (χ2n) is 5.12. The molecule has 0 aliphatic carbocycles. The van der Waals surface area contributed by atoms with Crippen molar-refractivity contribution in [3.8, 4) is 12.3 Å². The first kappa shape index (κ1) is 11.9. The Hall–Kier alpha value is -0.590. The van der Waals surface area contributed by atoms with Gasteiger partial charge in [0.2, 0.25) is 0 Å². The average molecular weight is 224 g/mol. The van der Waals surface area contributed by atoms with Crippen molar-refractivity contribution in [3.63, 3.8) is 0 Å². The summed E-state index contributed by atoms with van der Waals surface area (Å²) in [7, 11) is 0. The summed E-state index contributed by atoms with van der Waals surface area (Å²) in [4.78, 5) is 2.25. The Morgan fingerprint density at radius 2 is 1.94 bits per heavy atom. The SMILES string of the molecule is C#CC1CCN(CC2(F)CCNCC2)CC1. The van der Waals surface area contributed by atoms with E-state index in [4.69, 9.17) is 6.42 Å². The molecule has 1 N–H and O–H groups in total. The molecular formula is C13H21FN2. The second-order valence-corrected chi connectivity index (χ2v) is 5.12. The van der Waals surface area contributed by atoms with Crippen molar-refractivity contribution in [2.75, 3.05) is 32.7 Å². The van der Waals surface area contributed by atoms with Gasteiger partial charge in [-0.3, -0.25) is 0 Å². The lowest BCUT2D eigenvalue weighted by atomic mass is 9.91. The van der Waals surface area contributed by atoms with Gasteiger partial charge in [-0.05, 0) is 51.9 Å². The molecule has 2 fully saturated rings. The number of nitrogens with zero attached hydrogens (tertiary/aromatic N) is 1. The molecule has 0 aromatic carbocycles. The minimum Gasteiger partial charge on any atom is -0.316 e. The zero-order valence-electron chi connectivity index (χ0n) is 9.84. The van der Waals surface area contributed by atoms with E-state index < -0.39 is 5.67 Å². The van der Waals surface area contributed by atoms with Gasteiger partial charge in [0.25, 0.3) is 0 Å². The number of nitrogens with one attached hydrogen (secondary N) is 1. The van der Waals surface area contributed by atoms with Gasteiger partial charge in [0.15, 0.2) is 0 Å². The minimum atomic E-state index is -0.964.